The molecule has 0 saturated carbocycles. The second-order valence-electron chi connectivity index (χ2n) is 6.37. The highest BCUT2D eigenvalue weighted by molar-refractivity contribution is 8.15. The van der Waals surface area contributed by atoms with Crippen molar-refractivity contribution in [2.75, 3.05) is 0 Å². The Hall–Kier alpha value is -0.970. The zero-order valence-electron chi connectivity index (χ0n) is 14.2. The van der Waals surface area contributed by atoms with Gasteiger partial charge in [0, 0.05) is 12.1 Å². The molecule has 0 aromatic rings. The van der Waals surface area contributed by atoms with E-state index in [9.17, 15) is 9.59 Å². The zero-order valence-corrected chi connectivity index (χ0v) is 15.1. The SMILES string of the molecule is CCCCCCCCC1(C)SC(=O)C=C1OC(=O)NC(C)C. The van der Waals surface area contributed by atoms with E-state index in [1.54, 1.807) is 0 Å². The van der Waals surface area contributed by atoms with Gasteiger partial charge in [-0.05, 0) is 27.2 Å². The molecule has 0 aliphatic carbocycles. The van der Waals surface area contributed by atoms with Gasteiger partial charge in [-0.3, -0.25) is 4.79 Å². The Morgan fingerprint density at radius 1 is 1.27 bits per heavy atom. The molecule has 0 radical (unpaired) electrons. The fourth-order valence-electron chi connectivity index (χ4n) is 2.48. The number of hydrogen-bond donors (Lipinski definition) is 1. The summed E-state index contributed by atoms with van der Waals surface area (Å²) < 4.78 is 4.97. The Morgan fingerprint density at radius 3 is 2.55 bits per heavy atom. The van der Waals surface area contributed by atoms with E-state index in [4.69, 9.17) is 4.74 Å². The van der Waals surface area contributed by atoms with Crippen LogP contribution < -0.4 is 5.32 Å². The van der Waals surface area contributed by atoms with E-state index in [1.165, 1.54) is 43.5 Å². The van der Waals surface area contributed by atoms with Crippen LogP contribution in [0.4, 0.5) is 4.79 Å². The van der Waals surface area contributed by atoms with Gasteiger partial charge in [-0.2, -0.15) is 0 Å². The minimum atomic E-state index is -0.481. The highest BCUT2D eigenvalue weighted by Crippen LogP contribution is 2.44. The molecule has 22 heavy (non-hydrogen) atoms. The van der Waals surface area contributed by atoms with Gasteiger partial charge in [-0.1, -0.05) is 57.2 Å². The van der Waals surface area contributed by atoms with Gasteiger partial charge in [-0.15, -0.1) is 0 Å². The lowest BCUT2D eigenvalue weighted by molar-refractivity contribution is -0.106. The second kappa shape index (κ2) is 9.23. The van der Waals surface area contributed by atoms with E-state index < -0.39 is 10.8 Å². The van der Waals surface area contributed by atoms with E-state index in [0.717, 1.165) is 19.3 Å². The molecule has 5 heteroatoms. The normalized spacial score (nSPS) is 21.1. The molecule has 0 aromatic heterocycles. The summed E-state index contributed by atoms with van der Waals surface area (Å²) in [7, 11) is 0. The number of carbonyl (C=O) groups is 2. The van der Waals surface area contributed by atoms with Crippen LogP contribution in [0, 0.1) is 0 Å². The molecule has 1 N–H and O–H groups in total. The third kappa shape index (κ3) is 6.42. The molecule has 0 aromatic carbocycles. The van der Waals surface area contributed by atoms with Crippen LogP contribution in [0.3, 0.4) is 0 Å². The van der Waals surface area contributed by atoms with Crippen LogP contribution in [0.15, 0.2) is 11.8 Å². The molecule has 1 rings (SSSR count). The average molecular weight is 327 g/mol. The quantitative estimate of drug-likeness (QED) is 0.619. The Labute approximate surface area is 138 Å². The van der Waals surface area contributed by atoms with Crippen molar-refractivity contribution in [3.05, 3.63) is 11.8 Å². The average Bonchev–Trinajstić information content (AvgIpc) is 2.67. The molecule has 126 valence electrons. The van der Waals surface area contributed by atoms with E-state index in [-0.39, 0.29) is 11.2 Å². The predicted molar refractivity (Wildman–Crippen MR) is 91.8 cm³/mol. The molecule has 1 aliphatic heterocycles. The molecule has 1 unspecified atom stereocenters. The number of hydrogen-bond acceptors (Lipinski definition) is 4. The standard InChI is InChI=1S/C17H29NO3S/c1-5-6-7-8-9-10-11-17(4)14(12-15(19)22-17)21-16(20)18-13(2)3/h12-13H,5-11H2,1-4H3,(H,18,20). The monoisotopic (exact) mass is 327 g/mol. The van der Waals surface area contributed by atoms with Crippen LogP contribution >= 0.6 is 11.8 Å². The van der Waals surface area contributed by atoms with Gasteiger partial charge in [0.25, 0.3) is 0 Å². The summed E-state index contributed by atoms with van der Waals surface area (Å²) in [6.45, 7) is 7.95. The molecule has 0 bridgehead atoms. The topological polar surface area (TPSA) is 55.4 Å². The Balaban J connectivity index is 2.46. The molecular weight excluding hydrogens is 298 g/mol. The van der Waals surface area contributed by atoms with Crippen molar-refractivity contribution in [3.63, 3.8) is 0 Å². The largest absolute Gasteiger partial charge is 0.413 e. The number of unbranched alkanes of at least 4 members (excludes halogenated alkanes) is 5. The predicted octanol–water partition coefficient (Wildman–Crippen LogP) is 4.79. The van der Waals surface area contributed by atoms with Crippen LogP contribution in [-0.2, 0) is 9.53 Å². The van der Waals surface area contributed by atoms with Crippen molar-refractivity contribution in [1.29, 1.82) is 0 Å². The van der Waals surface area contributed by atoms with Crippen molar-refractivity contribution < 1.29 is 14.3 Å². The van der Waals surface area contributed by atoms with Crippen molar-refractivity contribution in [3.8, 4) is 0 Å². The van der Waals surface area contributed by atoms with E-state index in [1.807, 2.05) is 20.8 Å². The van der Waals surface area contributed by atoms with Crippen LogP contribution in [0.25, 0.3) is 0 Å². The van der Waals surface area contributed by atoms with Crippen molar-refractivity contribution in [2.45, 2.75) is 83.4 Å². The van der Waals surface area contributed by atoms with Gasteiger partial charge in [0.15, 0.2) is 0 Å². The maximum Gasteiger partial charge on any atom is 0.412 e. The zero-order chi connectivity index (χ0) is 16.6. The lowest BCUT2D eigenvalue weighted by Gasteiger charge is -2.25. The summed E-state index contributed by atoms with van der Waals surface area (Å²) in [5, 5.41) is 2.66. The van der Waals surface area contributed by atoms with Gasteiger partial charge in [0.2, 0.25) is 5.12 Å². The third-order valence-electron chi connectivity index (χ3n) is 3.71. The molecule has 0 spiro atoms. The number of nitrogens with one attached hydrogen (secondary N) is 1. The molecule has 4 nitrogen and oxygen atoms in total. The van der Waals surface area contributed by atoms with E-state index >= 15 is 0 Å². The van der Waals surface area contributed by atoms with Crippen LogP contribution in [0.2, 0.25) is 0 Å². The van der Waals surface area contributed by atoms with Gasteiger partial charge in [0.05, 0.1) is 4.75 Å². The van der Waals surface area contributed by atoms with Gasteiger partial charge >= 0.3 is 6.09 Å². The van der Waals surface area contributed by atoms with E-state index in [2.05, 4.69) is 12.2 Å². The first kappa shape index (κ1) is 19.1. The highest BCUT2D eigenvalue weighted by atomic mass is 32.2. The van der Waals surface area contributed by atoms with Crippen molar-refractivity contribution in [1.82, 2.24) is 5.32 Å². The fraction of sp³-hybridized carbons (Fsp3) is 0.765. The molecule has 0 saturated heterocycles. The summed E-state index contributed by atoms with van der Waals surface area (Å²) in [6, 6.07) is 0.0164. The second-order valence-corrected chi connectivity index (χ2v) is 7.87. The van der Waals surface area contributed by atoms with Crippen LogP contribution in [0.1, 0.15) is 72.6 Å². The number of rotatable bonds is 9. The fourth-order valence-corrected chi connectivity index (χ4v) is 3.54. The number of amides is 1. The minimum Gasteiger partial charge on any atom is -0.413 e. The summed E-state index contributed by atoms with van der Waals surface area (Å²) >= 11 is 1.27. The smallest absolute Gasteiger partial charge is 0.412 e. The number of thioether (sulfide) groups is 1. The summed E-state index contributed by atoms with van der Waals surface area (Å²) in [5.41, 5.74) is 0. The number of ether oxygens (including phenoxy) is 1. The summed E-state index contributed by atoms with van der Waals surface area (Å²) in [5.74, 6) is 0.495. The summed E-state index contributed by atoms with van der Waals surface area (Å²) in [6.07, 6.45) is 9.08. The van der Waals surface area contributed by atoms with Gasteiger partial charge in [0.1, 0.15) is 5.76 Å². The van der Waals surface area contributed by atoms with Crippen LogP contribution in [0.5, 0.6) is 0 Å². The first-order valence-electron chi connectivity index (χ1n) is 8.31. The highest BCUT2D eigenvalue weighted by Gasteiger charge is 2.40. The minimum absolute atomic E-state index is 0.0164. The Kier molecular flexibility index (Phi) is 8.01. The lowest BCUT2D eigenvalue weighted by Crippen LogP contribution is -2.33. The molecule has 1 atom stereocenters. The third-order valence-corrected chi connectivity index (χ3v) is 4.89. The Morgan fingerprint density at radius 2 is 1.91 bits per heavy atom. The van der Waals surface area contributed by atoms with Crippen molar-refractivity contribution in [2.24, 2.45) is 0 Å². The Bertz CT molecular complexity index is 420. The first-order valence-corrected chi connectivity index (χ1v) is 9.12. The maximum absolute atomic E-state index is 11.8. The molecule has 1 amide bonds. The van der Waals surface area contributed by atoms with Gasteiger partial charge in [-0.25, -0.2) is 4.79 Å². The van der Waals surface area contributed by atoms with Crippen LogP contribution in [-0.4, -0.2) is 22.0 Å². The first-order chi connectivity index (χ1) is 10.4. The number of alkyl carbamates (subject to hydrolysis) is 1. The molecule has 0 fully saturated rings. The molecule has 1 aliphatic rings. The van der Waals surface area contributed by atoms with E-state index in [0.29, 0.717) is 5.76 Å². The lowest BCUT2D eigenvalue weighted by atomic mass is 9.99. The number of carbonyl (C=O) groups excluding carboxylic acids is 2. The molecular formula is C17H29NO3S. The molecule has 1 heterocycles. The maximum atomic E-state index is 11.8. The summed E-state index contributed by atoms with van der Waals surface area (Å²) in [4.78, 5) is 23.5. The van der Waals surface area contributed by atoms with Gasteiger partial charge < -0.3 is 10.1 Å². The van der Waals surface area contributed by atoms with Crippen molar-refractivity contribution >= 4 is 23.0 Å².